The number of anilines is 1. The zero-order valence-electron chi connectivity index (χ0n) is 15.2. The minimum absolute atomic E-state index is 0.103. The normalized spacial score (nSPS) is 10.5. The smallest absolute Gasteiger partial charge is 0.345 e. The zero-order chi connectivity index (χ0) is 20.3. The molecular weight excluding hydrogens is 376 g/mol. The molecule has 10 nitrogen and oxygen atoms in total. The van der Waals surface area contributed by atoms with Gasteiger partial charge in [0, 0.05) is 0 Å². The number of amides is 1. The molecule has 0 radical (unpaired) electrons. The molecule has 0 bridgehead atoms. The summed E-state index contributed by atoms with van der Waals surface area (Å²) in [4.78, 5) is 47.1. The van der Waals surface area contributed by atoms with E-state index >= 15 is 0 Å². The molecule has 1 amide bonds. The number of nitrogens with one attached hydrogen (secondary N) is 1. The lowest BCUT2D eigenvalue weighted by Gasteiger charge is -2.06. The highest BCUT2D eigenvalue weighted by molar-refractivity contribution is 7.18. The van der Waals surface area contributed by atoms with Crippen LogP contribution in [0, 0.1) is 24.0 Å². The number of ether oxygens (including phenoxy) is 1. The molecule has 27 heavy (non-hydrogen) atoms. The van der Waals surface area contributed by atoms with Crippen LogP contribution in [-0.4, -0.2) is 39.0 Å². The quantitative estimate of drug-likeness (QED) is 0.330. The van der Waals surface area contributed by atoms with Gasteiger partial charge in [-0.25, -0.2) is 4.79 Å². The first kappa shape index (κ1) is 20.2. The number of nitrogens with zero attached hydrogens (tertiary/aromatic N) is 3. The zero-order valence-corrected chi connectivity index (χ0v) is 16.0. The van der Waals surface area contributed by atoms with Gasteiger partial charge in [0.25, 0.3) is 5.91 Å². The number of hydrogen-bond acceptors (Lipinski definition) is 8. The van der Waals surface area contributed by atoms with Crippen molar-refractivity contribution in [2.75, 3.05) is 11.9 Å². The summed E-state index contributed by atoms with van der Waals surface area (Å²) in [5, 5.41) is 17.6. The number of aromatic nitrogens is 2. The first-order chi connectivity index (χ1) is 12.6. The minimum atomic E-state index is -0.657. The van der Waals surface area contributed by atoms with Crippen molar-refractivity contribution in [3.8, 4) is 0 Å². The van der Waals surface area contributed by atoms with Crippen molar-refractivity contribution in [3.63, 3.8) is 0 Å². The van der Waals surface area contributed by atoms with Crippen LogP contribution in [0.1, 0.15) is 45.1 Å². The molecular formula is C16H18N4O6S. The average Bonchev–Trinajstić information content (AvgIpc) is 3.07. The van der Waals surface area contributed by atoms with Crippen LogP contribution in [-0.2, 0) is 16.1 Å². The van der Waals surface area contributed by atoms with Crippen LogP contribution >= 0.6 is 11.3 Å². The van der Waals surface area contributed by atoms with Gasteiger partial charge in [-0.15, -0.1) is 16.0 Å². The fourth-order valence-electron chi connectivity index (χ4n) is 2.48. The van der Waals surface area contributed by atoms with Gasteiger partial charge in [0.05, 0.1) is 28.8 Å². The van der Waals surface area contributed by atoms with Crippen molar-refractivity contribution in [3.05, 3.63) is 37.9 Å². The molecule has 0 saturated carbocycles. The lowest BCUT2D eigenvalue weighted by Crippen LogP contribution is -2.21. The maximum atomic E-state index is 12.4. The van der Waals surface area contributed by atoms with Crippen LogP contribution in [0.2, 0.25) is 0 Å². The number of aryl methyl sites for hydroxylation is 1. The van der Waals surface area contributed by atoms with Gasteiger partial charge in [0.1, 0.15) is 5.00 Å². The molecule has 144 valence electrons. The van der Waals surface area contributed by atoms with Crippen molar-refractivity contribution in [2.45, 2.75) is 34.2 Å². The fourth-order valence-corrected chi connectivity index (χ4v) is 3.59. The Morgan fingerprint density at radius 2 is 2.04 bits per heavy atom. The van der Waals surface area contributed by atoms with Crippen LogP contribution in [0.3, 0.4) is 0 Å². The Labute approximate surface area is 158 Å². The van der Waals surface area contributed by atoms with E-state index in [0.717, 1.165) is 16.0 Å². The number of thiophene rings is 1. The van der Waals surface area contributed by atoms with Gasteiger partial charge in [-0.3, -0.25) is 9.59 Å². The van der Waals surface area contributed by atoms with Gasteiger partial charge in [-0.2, -0.15) is 0 Å². The molecule has 0 aromatic carbocycles. The molecule has 2 aromatic heterocycles. The fraction of sp³-hybridized carbons (Fsp3) is 0.375. The summed E-state index contributed by atoms with van der Waals surface area (Å²) < 4.78 is 5.95. The first-order valence-corrected chi connectivity index (χ1v) is 8.77. The number of carbonyl (C=O) groups is 3. The molecule has 2 aromatic rings. The van der Waals surface area contributed by atoms with Gasteiger partial charge in [-0.05, 0) is 38.2 Å². The Hall–Kier alpha value is -3.08. The van der Waals surface area contributed by atoms with Crippen molar-refractivity contribution in [2.24, 2.45) is 0 Å². The average molecular weight is 394 g/mol. The SMILES string of the molecule is CCOC(=O)c1c(NC(=O)Cn2nc(C)cc2[N+](=O)[O-])sc(C(C)=O)c1C. The van der Waals surface area contributed by atoms with E-state index in [2.05, 4.69) is 10.4 Å². The summed E-state index contributed by atoms with van der Waals surface area (Å²) in [5.41, 5.74) is 0.918. The van der Waals surface area contributed by atoms with Gasteiger partial charge in [0.15, 0.2) is 12.3 Å². The molecule has 2 heterocycles. The summed E-state index contributed by atoms with van der Waals surface area (Å²) in [7, 11) is 0. The molecule has 0 aliphatic carbocycles. The molecule has 0 saturated heterocycles. The van der Waals surface area contributed by atoms with Crippen LogP contribution in [0.25, 0.3) is 0 Å². The first-order valence-electron chi connectivity index (χ1n) is 7.95. The molecule has 0 fully saturated rings. The second-order valence-corrected chi connectivity index (χ2v) is 6.66. The molecule has 0 atom stereocenters. The number of Topliss-reactive ketones (excluding diaryl/α,β-unsaturated/α-hetero) is 1. The van der Waals surface area contributed by atoms with E-state index in [9.17, 15) is 24.5 Å². The molecule has 0 spiro atoms. The minimum Gasteiger partial charge on any atom is -0.462 e. The predicted molar refractivity (Wildman–Crippen MR) is 97.3 cm³/mol. The number of nitro groups is 1. The summed E-state index contributed by atoms with van der Waals surface area (Å²) in [6, 6.07) is 1.25. The van der Waals surface area contributed by atoms with Gasteiger partial charge >= 0.3 is 11.8 Å². The standard InChI is InChI=1S/C16H18N4O6S/c1-5-26-16(23)13-9(3)14(10(4)21)27-15(13)17-11(22)7-19-12(20(24)25)6-8(2)18-19/h6H,5,7H2,1-4H3,(H,17,22). The highest BCUT2D eigenvalue weighted by Gasteiger charge is 2.26. The molecule has 11 heteroatoms. The third-order valence-corrected chi connectivity index (χ3v) is 4.87. The predicted octanol–water partition coefficient (Wildman–Crippen LogP) is 2.49. The van der Waals surface area contributed by atoms with Gasteiger partial charge < -0.3 is 20.2 Å². The number of hydrogen-bond donors (Lipinski definition) is 1. The van der Waals surface area contributed by atoms with Gasteiger partial charge in [-0.1, -0.05) is 5.10 Å². The molecule has 0 aliphatic rings. The van der Waals surface area contributed by atoms with E-state index in [-0.39, 0.29) is 28.8 Å². The summed E-state index contributed by atoms with van der Waals surface area (Å²) in [6.07, 6.45) is 0. The van der Waals surface area contributed by atoms with E-state index in [0.29, 0.717) is 16.1 Å². The summed E-state index contributed by atoms with van der Waals surface area (Å²) in [5.74, 6) is -1.85. The largest absolute Gasteiger partial charge is 0.462 e. The third kappa shape index (κ3) is 4.37. The summed E-state index contributed by atoms with van der Waals surface area (Å²) >= 11 is 0.957. The third-order valence-electron chi connectivity index (χ3n) is 3.56. The second-order valence-electron chi connectivity index (χ2n) is 5.64. The highest BCUT2D eigenvalue weighted by Crippen LogP contribution is 2.34. The Morgan fingerprint density at radius 1 is 1.37 bits per heavy atom. The number of rotatable bonds is 7. The van der Waals surface area contributed by atoms with E-state index in [1.54, 1.807) is 20.8 Å². The molecule has 0 aliphatic heterocycles. The van der Waals surface area contributed by atoms with Crippen LogP contribution in [0.5, 0.6) is 0 Å². The Morgan fingerprint density at radius 3 is 2.59 bits per heavy atom. The summed E-state index contributed by atoms with van der Waals surface area (Å²) in [6.45, 7) is 5.88. The maximum Gasteiger partial charge on any atom is 0.345 e. The van der Waals surface area contributed by atoms with Crippen LogP contribution < -0.4 is 5.32 Å². The van der Waals surface area contributed by atoms with Crippen LogP contribution in [0.15, 0.2) is 6.07 Å². The number of carbonyl (C=O) groups excluding carboxylic acids is 3. The van der Waals surface area contributed by atoms with Crippen molar-refractivity contribution in [1.82, 2.24) is 9.78 Å². The van der Waals surface area contributed by atoms with Crippen molar-refractivity contribution in [1.29, 1.82) is 0 Å². The van der Waals surface area contributed by atoms with Crippen LogP contribution in [0.4, 0.5) is 10.8 Å². The maximum absolute atomic E-state index is 12.4. The van der Waals surface area contributed by atoms with Crippen molar-refractivity contribution >= 4 is 39.8 Å². The Kier molecular flexibility index (Phi) is 6.05. The molecule has 0 unspecified atom stereocenters. The lowest BCUT2D eigenvalue weighted by atomic mass is 10.1. The number of ketones is 1. The van der Waals surface area contributed by atoms with E-state index < -0.39 is 23.3 Å². The monoisotopic (exact) mass is 394 g/mol. The van der Waals surface area contributed by atoms with E-state index in [1.165, 1.54) is 13.0 Å². The highest BCUT2D eigenvalue weighted by atomic mass is 32.1. The molecule has 2 rings (SSSR count). The van der Waals surface area contributed by atoms with Crippen molar-refractivity contribution < 1.29 is 24.0 Å². The number of esters is 1. The van der Waals surface area contributed by atoms with E-state index in [4.69, 9.17) is 4.74 Å². The van der Waals surface area contributed by atoms with Gasteiger partial charge in [0.2, 0.25) is 0 Å². The van der Waals surface area contributed by atoms with E-state index in [1.807, 2.05) is 0 Å². The Balaban J connectivity index is 2.32. The molecule has 1 N–H and O–H groups in total. The Bertz CT molecular complexity index is 930. The lowest BCUT2D eigenvalue weighted by molar-refractivity contribution is -0.392. The topological polar surface area (TPSA) is 133 Å². The second kappa shape index (κ2) is 8.08.